The molecule has 8 heteroatoms. The number of anilines is 1. The number of nitrogens with zero attached hydrogens (tertiary/aromatic N) is 2. The molecule has 0 atom stereocenters. The molecule has 1 amide bonds. The molecule has 0 aliphatic carbocycles. The van der Waals surface area contributed by atoms with Gasteiger partial charge in [-0.05, 0) is 18.6 Å². The van der Waals surface area contributed by atoms with Crippen molar-refractivity contribution in [2.45, 2.75) is 19.8 Å². The van der Waals surface area contributed by atoms with Crippen molar-refractivity contribution in [1.82, 2.24) is 20.3 Å². The van der Waals surface area contributed by atoms with Gasteiger partial charge >= 0.3 is 5.76 Å². The molecule has 2 aromatic heterocycles. The van der Waals surface area contributed by atoms with Crippen LogP contribution < -0.4 is 11.1 Å². The van der Waals surface area contributed by atoms with Gasteiger partial charge in [-0.1, -0.05) is 30.6 Å². The molecule has 0 saturated heterocycles. The number of nitrogens with one attached hydrogen (secondary N) is 3. The standard InChI is InChI=1S/C15H15N5O3/c1-2-3-11-8-12(19-18-11)16-14(21)10-6-4-9(5-7-10)13-17-15(22)23-20-13/h4-8H,2-3H2,1H3,(H,17,20,22)(H2,16,18,19,21). The van der Waals surface area contributed by atoms with E-state index in [1.165, 1.54) is 0 Å². The van der Waals surface area contributed by atoms with E-state index in [-0.39, 0.29) is 5.91 Å². The number of aryl methyl sites for hydroxylation is 1. The molecular weight excluding hydrogens is 298 g/mol. The molecule has 1 aromatic carbocycles. The average molecular weight is 313 g/mol. The first kappa shape index (κ1) is 14.8. The van der Waals surface area contributed by atoms with E-state index < -0.39 is 5.76 Å². The van der Waals surface area contributed by atoms with Gasteiger partial charge in [-0.25, -0.2) is 4.79 Å². The van der Waals surface area contributed by atoms with E-state index in [0.29, 0.717) is 22.8 Å². The smallest absolute Gasteiger partial charge is 0.305 e. The number of hydrogen-bond donors (Lipinski definition) is 3. The van der Waals surface area contributed by atoms with E-state index >= 15 is 0 Å². The summed E-state index contributed by atoms with van der Waals surface area (Å²) in [7, 11) is 0. The van der Waals surface area contributed by atoms with Crippen LogP contribution in [0.4, 0.5) is 5.82 Å². The molecule has 3 N–H and O–H groups in total. The molecule has 3 aromatic rings. The summed E-state index contributed by atoms with van der Waals surface area (Å²) in [4.78, 5) is 25.6. The van der Waals surface area contributed by atoms with E-state index in [1.54, 1.807) is 24.3 Å². The number of carbonyl (C=O) groups excluding carboxylic acids is 1. The normalized spacial score (nSPS) is 10.7. The molecule has 0 spiro atoms. The Morgan fingerprint density at radius 3 is 2.74 bits per heavy atom. The quantitative estimate of drug-likeness (QED) is 0.665. The topological polar surface area (TPSA) is 117 Å². The largest absolute Gasteiger partial charge is 0.439 e. The minimum atomic E-state index is -0.622. The number of benzene rings is 1. The molecule has 0 unspecified atom stereocenters. The molecule has 23 heavy (non-hydrogen) atoms. The number of aromatic nitrogens is 4. The first-order valence-electron chi connectivity index (χ1n) is 7.18. The van der Waals surface area contributed by atoms with Crippen molar-refractivity contribution in [3.63, 3.8) is 0 Å². The molecule has 2 heterocycles. The van der Waals surface area contributed by atoms with Crippen LogP contribution in [0.3, 0.4) is 0 Å². The van der Waals surface area contributed by atoms with Crippen LogP contribution in [0.1, 0.15) is 29.4 Å². The van der Waals surface area contributed by atoms with E-state index in [1.807, 2.05) is 6.07 Å². The highest BCUT2D eigenvalue weighted by Crippen LogP contribution is 2.15. The van der Waals surface area contributed by atoms with Crippen LogP contribution in [0.2, 0.25) is 0 Å². The third-order valence-corrected chi connectivity index (χ3v) is 3.25. The molecule has 0 fully saturated rings. The van der Waals surface area contributed by atoms with Crippen LogP contribution in [0.15, 0.2) is 39.6 Å². The fourth-order valence-corrected chi connectivity index (χ4v) is 2.15. The fraction of sp³-hybridized carbons (Fsp3) is 0.200. The van der Waals surface area contributed by atoms with Gasteiger partial charge < -0.3 is 5.32 Å². The predicted octanol–water partition coefficient (Wildman–Crippen LogP) is 1.96. The highest BCUT2D eigenvalue weighted by Gasteiger charge is 2.10. The van der Waals surface area contributed by atoms with Gasteiger partial charge in [0.2, 0.25) is 0 Å². The Balaban J connectivity index is 1.70. The van der Waals surface area contributed by atoms with Crippen molar-refractivity contribution in [3.8, 4) is 11.4 Å². The Bertz CT molecular complexity index is 860. The molecule has 0 aliphatic heterocycles. The Morgan fingerprint density at radius 1 is 1.30 bits per heavy atom. The minimum Gasteiger partial charge on any atom is -0.305 e. The lowest BCUT2D eigenvalue weighted by Crippen LogP contribution is -2.12. The fourth-order valence-electron chi connectivity index (χ4n) is 2.15. The maximum atomic E-state index is 12.2. The van der Waals surface area contributed by atoms with Gasteiger partial charge in [0, 0.05) is 22.9 Å². The molecule has 0 aliphatic rings. The summed E-state index contributed by atoms with van der Waals surface area (Å²) in [6, 6.07) is 8.44. The third kappa shape index (κ3) is 3.37. The second-order valence-electron chi connectivity index (χ2n) is 5.00. The second-order valence-corrected chi connectivity index (χ2v) is 5.00. The van der Waals surface area contributed by atoms with E-state index in [2.05, 4.69) is 37.1 Å². The lowest BCUT2D eigenvalue weighted by atomic mass is 10.1. The summed E-state index contributed by atoms with van der Waals surface area (Å²) in [6.45, 7) is 2.07. The molecule has 0 bridgehead atoms. The van der Waals surface area contributed by atoms with Crippen LogP contribution in [0, 0.1) is 0 Å². The SMILES string of the molecule is CCCc1cc(NC(=O)c2ccc(-c3noc(=O)[nH]3)cc2)n[nH]1. The monoisotopic (exact) mass is 313 g/mol. The zero-order valence-corrected chi connectivity index (χ0v) is 12.4. The van der Waals surface area contributed by atoms with Crippen molar-refractivity contribution in [3.05, 3.63) is 52.1 Å². The number of aromatic amines is 2. The molecule has 0 saturated carbocycles. The molecule has 3 rings (SSSR count). The lowest BCUT2D eigenvalue weighted by Gasteiger charge is -2.02. The Kier molecular flexibility index (Phi) is 4.05. The van der Waals surface area contributed by atoms with E-state index in [0.717, 1.165) is 18.5 Å². The summed E-state index contributed by atoms with van der Waals surface area (Å²) < 4.78 is 4.45. The summed E-state index contributed by atoms with van der Waals surface area (Å²) in [5, 5.41) is 13.2. The van der Waals surface area contributed by atoms with Crippen molar-refractivity contribution < 1.29 is 9.32 Å². The van der Waals surface area contributed by atoms with Crippen LogP contribution in [0.25, 0.3) is 11.4 Å². The number of H-pyrrole nitrogens is 2. The van der Waals surface area contributed by atoms with E-state index in [4.69, 9.17) is 0 Å². The minimum absolute atomic E-state index is 0.264. The maximum absolute atomic E-state index is 12.2. The van der Waals surface area contributed by atoms with Gasteiger partial charge in [-0.3, -0.25) is 19.4 Å². The first-order valence-corrected chi connectivity index (χ1v) is 7.18. The van der Waals surface area contributed by atoms with Crippen LogP contribution in [0.5, 0.6) is 0 Å². The maximum Gasteiger partial charge on any atom is 0.439 e. The van der Waals surface area contributed by atoms with Crippen molar-refractivity contribution >= 4 is 11.7 Å². The lowest BCUT2D eigenvalue weighted by molar-refractivity contribution is 0.102. The highest BCUT2D eigenvalue weighted by molar-refractivity contribution is 6.03. The van der Waals surface area contributed by atoms with Crippen LogP contribution in [-0.2, 0) is 6.42 Å². The van der Waals surface area contributed by atoms with Gasteiger partial charge in [-0.2, -0.15) is 5.10 Å². The summed E-state index contributed by atoms with van der Waals surface area (Å²) in [5.74, 6) is -0.0789. The predicted molar refractivity (Wildman–Crippen MR) is 83.1 cm³/mol. The molecular formula is C15H15N5O3. The molecule has 0 radical (unpaired) electrons. The molecule has 118 valence electrons. The van der Waals surface area contributed by atoms with Crippen LogP contribution >= 0.6 is 0 Å². The Hall–Kier alpha value is -3.16. The zero-order chi connectivity index (χ0) is 16.2. The Labute approximate surface area is 130 Å². The van der Waals surface area contributed by atoms with Crippen LogP contribution in [-0.4, -0.2) is 26.2 Å². The second kappa shape index (κ2) is 6.30. The number of hydrogen-bond acceptors (Lipinski definition) is 5. The summed E-state index contributed by atoms with van der Waals surface area (Å²) in [6.07, 6.45) is 1.88. The molecule has 8 nitrogen and oxygen atoms in total. The highest BCUT2D eigenvalue weighted by atomic mass is 16.5. The van der Waals surface area contributed by atoms with Crippen molar-refractivity contribution in [1.29, 1.82) is 0 Å². The average Bonchev–Trinajstić information content (AvgIpc) is 3.17. The third-order valence-electron chi connectivity index (χ3n) is 3.25. The number of rotatable bonds is 5. The van der Waals surface area contributed by atoms with Gasteiger partial charge in [0.25, 0.3) is 5.91 Å². The van der Waals surface area contributed by atoms with E-state index in [9.17, 15) is 9.59 Å². The number of carbonyl (C=O) groups is 1. The Morgan fingerprint density at radius 2 is 2.09 bits per heavy atom. The van der Waals surface area contributed by atoms with Gasteiger partial charge in [-0.15, -0.1) is 0 Å². The van der Waals surface area contributed by atoms with Crippen molar-refractivity contribution in [2.24, 2.45) is 0 Å². The van der Waals surface area contributed by atoms with Gasteiger partial charge in [0.05, 0.1) is 0 Å². The van der Waals surface area contributed by atoms with Crippen molar-refractivity contribution in [2.75, 3.05) is 5.32 Å². The van der Waals surface area contributed by atoms with Gasteiger partial charge in [0.1, 0.15) is 0 Å². The summed E-state index contributed by atoms with van der Waals surface area (Å²) in [5.41, 5.74) is 2.10. The number of amides is 1. The summed E-state index contributed by atoms with van der Waals surface area (Å²) >= 11 is 0. The zero-order valence-electron chi connectivity index (χ0n) is 12.4. The van der Waals surface area contributed by atoms with Gasteiger partial charge in [0.15, 0.2) is 11.6 Å². The first-order chi connectivity index (χ1) is 11.2.